The van der Waals surface area contributed by atoms with Crippen LogP contribution in [0.15, 0.2) is 35.1 Å². The zero-order chi connectivity index (χ0) is 18.8. The maximum atomic E-state index is 12.8. The Bertz CT molecular complexity index is 844. The van der Waals surface area contributed by atoms with E-state index in [9.17, 15) is 22.8 Å². The molecular formula is C16H15F3N2O4. The van der Waals surface area contributed by atoms with Gasteiger partial charge in [0.1, 0.15) is 0 Å². The topological polar surface area (TPSA) is 70.4 Å². The molecule has 9 heteroatoms. The van der Waals surface area contributed by atoms with Gasteiger partial charge in [0.05, 0.1) is 24.5 Å². The van der Waals surface area contributed by atoms with Crippen LogP contribution in [0.2, 0.25) is 0 Å². The number of alkyl halides is 3. The van der Waals surface area contributed by atoms with E-state index in [0.717, 1.165) is 11.7 Å². The number of methoxy groups -OCH3 is 1. The molecule has 0 aliphatic carbocycles. The summed E-state index contributed by atoms with van der Waals surface area (Å²) in [5.74, 6) is -0.622. The van der Waals surface area contributed by atoms with E-state index in [-0.39, 0.29) is 17.4 Å². The van der Waals surface area contributed by atoms with E-state index in [1.54, 1.807) is 13.8 Å². The molecule has 0 atom stereocenters. The summed E-state index contributed by atoms with van der Waals surface area (Å²) < 4.78 is 49.1. The number of ether oxygens (including phenoxy) is 2. The fraction of sp³-hybridized carbons (Fsp3) is 0.312. The van der Waals surface area contributed by atoms with Crippen LogP contribution in [0.5, 0.6) is 6.01 Å². The number of rotatable bonds is 4. The Labute approximate surface area is 140 Å². The van der Waals surface area contributed by atoms with Crippen molar-refractivity contribution in [3.05, 3.63) is 51.9 Å². The van der Waals surface area contributed by atoms with Gasteiger partial charge in [-0.15, -0.1) is 0 Å². The van der Waals surface area contributed by atoms with E-state index < -0.39 is 29.4 Å². The highest BCUT2D eigenvalue weighted by Crippen LogP contribution is 2.28. The Kier molecular flexibility index (Phi) is 5.15. The highest BCUT2D eigenvalue weighted by Gasteiger charge is 2.34. The van der Waals surface area contributed by atoms with E-state index in [0.29, 0.717) is 6.07 Å². The van der Waals surface area contributed by atoms with Crippen molar-refractivity contribution in [3.8, 4) is 11.7 Å². The van der Waals surface area contributed by atoms with Crippen LogP contribution in [0.4, 0.5) is 13.2 Å². The second-order valence-electron chi connectivity index (χ2n) is 5.30. The fourth-order valence-electron chi connectivity index (χ4n) is 2.04. The van der Waals surface area contributed by atoms with Crippen LogP contribution in [0.3, 0.4) is 0 Å². The first-order chi connectivity index (χ1) is 11.6. The van der Waals surface area contributed by atoms with Gasteiger partial charge >= 0.3 is 18.2 Å². The van der Waals surface area contributed by atoms with E-state index in [4.69, 9.17) is 9.47 Å². The van der Waals surface area contributed by atoms with Crippen molar-refractivity contribution in [3.63, 3.8) is 0 Å². The molecule has 0 radical (unpaired) electrons. The van der Waals surface area contributed by atoms with Gasteiger partial charge in [-0.1, -0.05) is 6.07 Å². The third-order valence-electron chi connectivity index (χ3n) is 3.04. The molecule has 134 valence electrons. The maximum absolute atomic E-state index is 12.8. The van der Waals surface area contributed by atoms with Gasteiger partial charge in [0.15, 0.2) is 5.69 Å². The molecular weight excluding hydrogens is 341 g/mol. The molecule has 0 saturated heterocycles. The molecule has 2 aromatic rings. The molecule has 0 bridgehead atoms. The number of nitrogens with zero attached hydrogens (tertiary/aromatic N) is 2. The number of carbonyl (C=O) groups excluding carboxylic acids is 1. The fourth-order valence-corrected chi connectivity index (χ4v) is 2.04. The lowest BCUT2D eigenvalue weighted by Crippen LogP contribution is -2.24. The van der Waals surface area contributed by atoms with Crippen LogP contribution in [-0.2, 0) is 10.9 Å². The van der Waals surface area contributed by atoms with Crippen LogP contribution in [-0.4, -0.2) is 28.7 Å². The van der Waals surface area contributed by atoms with E-state index in [1.165, 1.54) is 24.3 Å². The van der Waals surface area contributed by atoms with Crippen molar-refractivity contribution in [1.82, 2.24) is 9.55 Å². The monoisotopic (exact) mass is 356 g/mol. The predicted octanol–water partition coefficient (Wildman–Crippen LogP) is 2.83. The van der Waals surface area contributed by atoms with Crippen molar-refractivity contribution in [2.45, 2.75) is 26.1 Å². The molecule has 0 amide bonds. The van der Waals surface area contributed by atoms with Crippen molar-refractivity contribution in [1.29, 1.82) is 0 Å². The Morgan fingerprint density at radius 2 is 1.92 bits per heavy atom. The molecule has 1 aromatic heterocycles. The van der Waals surface area contributed by atoms with Gasteiger partial charge in [-0.05, 0) is 32.0 Å². The molecule has 0 saturated carbocycles. The van der Waals surface area contributed by atoms with Gasteiger partial charge in [0.2, 0.25) is 0 Å². The normalized spacial score (nSPS) is 11.5. The van der Waals surface area contributed by atoms with Crippen molar-refractivity contribution in [2.75, 3.05) is 7.11 Å². The summed E-state index contributed by atoms with van der Waals surface area (Å²) in [6, 6.07) is 5.49. The van der Waals surface area contributed by atoms with Gasteiger partial charge in [-0.2, -0.15) is 18.2 Å². The minimum atomic E-state index is -4.78. The summed E-state index contributed by atoms with van der Waals surface area (Å²) in [4.78, 5) is 27.4. The van der Waals surface area contributed by atoms with Crippen LogP contribution in [0.25, 0.3) is 5.69 Å². The zero-order valence-corrected chi connectivity index (χ0v) is 13.6. The molecule has 0 aliphatic heterocycles. The molecule has 1 heterocycles. The highest BCUT2D eigenvalue weighted by molar-refractivity contribution is 5.90. The summed E-state index contributed by atoms with van der Waals surface area (Å²) in [6.45, 7) is 3.35. The molecule has 1 aromatic carbocycles. The number of esters is 1. The SMILES string of the molecule is COc1nc(C(F)(F)F)cc(=O)n1-c1cccc(C(=O)OC(C)C)c1. The molecule has 25 heavy (non-hydrogen) atoms. The number of hydrogen-bond acceptors (Lipinski definition) is 5. The van der Waals surface area contributed by atoms with Crippen LogP contribution >= 0.6 is 0 Å². The highest BCUT2D eigenvalue weighted by atomic mass is 19.4. The van der Waals surface area contributed by atoms with E-state index in [2.05, 4.69) is 4.98 Å². The van der Waals surface area contributed by atoms with Gasteiger partial charge in [-0.25, -0.2) is 9.36 Å². The zero-order valence-electron chi connectivity index (χ0n) is 13.6. The average molecular weight is 356 g/mol. The van der Waals surface area contributed by atoms with Gasteiger partial charge < -0.3 is 9.47 Å². The van der Waals surface area contributed by atoms with E-state index >= 15 is 0 Å². The predicted molar refractivity (Wildman–Crippen MR) is 81.9 cm³/mol. The lowest BCUT2D eigenvalue weighted by atomic mass is 10.2. The lowest BCUT2D eigenvalue weighted by molar-refractivity contribution is -0.141. The third kappa shape index (κ3) is 4.17. The molecule has 0 unspecified atom stereocenters. The number of aromatic nitrogens is 2. The minimum absolute atomic E-state index is 0.126. The summed E-state index contributed by atoms with van der Waals surface area (Å²) in [7, 11) is 1.09. The van der Waals surface area contributed by atoms with Crippen molar-refractivity contribution in [2.24, 2.45) is 0 Å². The second-order valence-corrected chi connectivity index (χ2v) is 5.30. The molecule has 0 aliphatic rings. The molecule has 2 rings (SSSR count). The van der Waals surface area contributed by atoms with E-state index in [1.807, 2.05) is 0 Å². The number of carbonyl (C=O) groups is 1. The number of benzene rings is 1. The van der Waals surface area contributed by atoms with Gasteiger partial charge in [-0.3, -0.25) is 4.79 Å². The standard InChI is InChI=1S/C16H15F3N2O4/c1-9(2)25-14(23)10-5-4-6-11(7-10)21-13(22)8-12(16(17,18)19)20-15(21)24-3/h4-9H,1-3H3. The third-order valence-corrected chi connectivity index (χ3v) is 3.04. The Morgan fingerprint density at radius 1 is 1.24 bits per heavy atom. The Hall–Kier alpha value is -2.84. The van der Waals surface area contributed by atoms with Gasteiger partial charge in [0.25, 0.3) is 5.56 Å². The quantitative estimate of drug-likeness (QED) is 0.788. The second kappa shape index (κ2) is 6.96. The average Bonchev–Trinajstić information content (AvgIpc) is 2.52. The summed E-state index contributed by atoms with van der Waals surface area (Å²) in [6.07, 6.45) is -5.13. The summed E-state index contributed by atoms with van der Waals surface area (Å²) >= 11 is 0. The first-order valence-electron chi connectivity index (χ1n) is 7.20. The molecule has 0 N–H and O–H groups in total. The Balaban J connectivity index is 2.56. The number of halogens is 3. The summed E-state index contributed by atoms with van der Waals surface area (Å²) in [5, 5.41) is 0. The summed E-state index contributed by atoms with van der Waals surface area (Å²) in [5.41, 5.74) is -2.09. The minimum Gasteiger partial charge on any atom is -0.468 e. The van der Waals surface area contributed by atoms with Crippen LogP contribution in [0.1, 0.15) is 29.9 Å². The molecule has 6 nitrogen and oxygen atoms in total. The van der Waals surface area contributed by atoms with Gasteiger partial charge in [0, 0.05) is 6.07 Å². The largest absolute Gasteiger partial charge is 0.468 e. The number of hydrogen-bond donors (Lipinski definition) is 0. The molecule has 0 spiro atoms. The van der Waals surface area contributed by atoms with Crippen LogP contribution < -0.4 is 10.3 Å². The van der Waals surface area contributed by atoms with Crippen LogP contribution in [0, 0.1) is 0 Å². The smallest absolute Gasteiger partial charge is 0.433 e. The maximum Gasteiger partial charge on any atom is 0.433 e. The first kappa shape index (κ1) is 18.5. The van der Waals surface area contributed by atoms with Crippen molar-refractivity contribution >= 4 is 5.97 Å². The molecule has 0 fully saturated rings. The first-order valence-corrected chi connectivity index (χ1v) is 7.20. The Morgan fingerprint density at radius 3 is 2.48 bits per heavy atom. The van der Waals surface area contributed by atoms with Crippen molar-refractivity contribution < 1.29 is 27.4 Å². The lowest BCUT2D eigenvalue weighted by Gasteiger charge is -2.14.